The Labute approximate surface area is 174 Å². The van der Waals surface area contributed by atoms with Gasteiger partial charge in [0.25, 0.3) is 5.56 Å². The van der Waals surface area contributed by atoms with Gasteiger partial charge in [-0.2, -0.15) is 5.10 Å². The summed E-state index contributed by atoms with van der Waals surface area (Å²) in [6.45, 7) is 6.09. The number of nitrogens with zero attached hydrogens (tertiary/aromatic N) is 5. The summed E-state index contributed by atoms with van der Waals surface area (Å²) in [6, 6.07) is 9.41. The van der Waals surface area contributed by atoms with Crippen molar-refractivity contribution in [1.82, 2.24) is 24.7 Å². The van der Waals surface area contributed by atoms with Gasteiger partial charge in [0.1, 0.15) is 16.7 Å². The minimum absolute atomic E-state index is 0.136. The Hall–Kier alpha value is -3.68. The maximum Gasteiger partial charge on any atom is 0.257 e. The van der Waals surface area contributed by atoms with Crippen molar-refractivity contribution in [3.8, 4) is 17.1 Å². The largest absolute Gasteiger partial charge is 0.480 e. The summed E-state index contributed by atoms with van der Waals surface area (Å²) >= 11 is 0. The molecule has 8 heteroatoms. The molecule has 0 aromatic carbocycles. The second kappa shape index (κ2) is 7.62. The molecule has 1 N–H and O–H groups in total. The van der Waals surface area contributed by atoms with E-state index in [4.69, 9.17) is 14.8 Å². The molecule has 0 spiro atoms. The first-order chi connectivity index (χ1) is 14.4. The number of anilines is 2. The third-order valence-corrected chi connectivity index (χ3v) is 5.05. The summed E-state index contributed by atoms with van der Waals surface area (Å²) in [5.41, 5.74) is 5.02. The van der Waals surface area contributed by atoms with Crippen molar-refractivity contribution >= 4 is 22.4 Å². The van der Waals surface area contributed by atoms with Gasteiger partial charge in [0.2, 0.25) is 5.88 Å². The summed E-state index contributed by atoms with van der Waals surface area (Å²) in [4.78, 5) is 26.3. The van der Waals surface area contributed by atoms with E-state index in [2.05, 4.69) is 23.8 Å². The van der Waals surface area contributed by atoms with Crippen LogP contribution in [0.25, 0.3) is 22.3 Å². The Morgan fingerprint density at radius 2 is 2.00 bits per heavy atom. The fourth-order valence-electron chi connectivity index (χ4n) is 3.58. The Bertz CT molecular complexity index is 1270. The van der Waals surface area contributed by atoms with Crippen molar-refractivity contribution in [2.75, 3.05) is 19.1 Å². The van der Waals surface area contributed by atoms with E-state index in [0.29, 0.717) is 17.1 Å². The Balaban J connectivity index is 2.05. The smallest absolute Gasteiger partial charge is 0.257 e. The van der Waals surface area contributed by atoms with Crippen molar-refractivity contribution in [2.24, 2.45) is 0 Å². The number of methoxy groups -OCH3 is 1. The van der Waals surface area contributed by atoms with Crippen LogP contribution in [0.15, 0.2) is 47.5 Å². The van der Waals surface area contributed by atoms with Gasteiger partial charge >= 0.3 is 0 Å². The zero-order chi connectivity index (χ0) is 21.4. The highest BCUT2D eigenvalue weighted by atomic mass is 16.5. The standard InChI is InChI=1S/C22H24N6O2/c1-13(2)28-20-18(27(4)17-9-7-11-24-22(17)30-5)12-16(25-19(20)14(3)26-28)15-8-6-10-23-21(15)29/h6-13H,1-5H3,(H,23,29). The second-order valence-electron chi connectivity index (χ2n) is 7.35. The van der Waals surface area contributed by atoms with Crippen molar-refractivity contribution in [2.45, 2.75) is 26.8 Å². The number of aromatic amines is 1. The lowest BCUT2D eigenvalue weighted by molar-refractivity contribution is 0.399. The van der Waals surface area contributed by atoms with Crippen molar-refractivity contribution in [3.05, 3.63) is 58.8 Å². The van der Waals surface area contributed by atoms with Crippen LogP contribution in [0.5, 0.6) is 5.88 Å². The molecule has 0 saturated carbocycles. The molecule has 0 aliphatic heterocycles. The van der Waals surface area contributed by atoms with Crippen LogP contribution in [0.1, 0.15) is 25.6 Å². The Kier molecular flexibility index (Phi) is 4.99. The van der Waals surface area contributed by atoms with Crippen molar-refractivity contribution in [1.29, 1.82) is 0 Å². The van der Waals surface area contributed by atoms with Crippen LogP contribution < -0.4 is 15.2 Å². The molecule has 0 amide bonds. The number of H-pyrrole nitrogens is 1. The Morgan fingerprint density at radius 3 is 2.70 bits per heavy atom. The highest BCUT2D eigenvalue weighted by Crippen LogP contribution is 2.38. The minimum Gasteiger partial charge on any atom is -0.480 e. The SMILES string of the molecule is COc1ncccc1N(C)c1cc(-c2ccc[nH]c2=O)nc2c(C)nn(C(C)C)c12. The van der Waals surface area contributed by atoms with Crippen LogP contribution in [0.2, 0.25) is 0 Å². The van der Waals surface area contributed by atoms with Crippen LogP contribution in [0, 0.1) is 6.92 Å². The lowest BCUT2D eigenvalue weighted by Crippen LogP contribution is -2.15. The normalized spacial score (nSPS) is 11.3. The topological polar surface area (TPSA) is 88.9 Å². The highest BCUT2D eigenvalue weighted by molar-refractivity contribution is 5.95. The van der Waals surface area contributed by atoms with Gasteiger partial charge in [0.05, 0.1) is 29.7 Å². The molecule has 4 rings (SSSR count). The van der Waals surface area contributed by atoms with Crippen molar-refractivity contribution < 1.29 is 4.74 Å². The van der Waals surface area contributed by atoms with Crippen LogP contribution in [0.4, 0.5) is 11.4 Å². The fraction of sp³-hybridized carbons (Fsp3) is 0.273. The van der Waals surface area contributed by atoms with Crippen LogP contribution in [0.3, 0.4) is 0 Å². The summed E-state index contributed by atoms with van der Waals surface area (Å²) in [6.07, 6.45) is 3.30. The zero-order valence-corrected chi connectivity index (χ0v) is 17.7. The maximum absolute atomic E-state index is 12.4. The average Bonchev–Trinajstić information content (AvgIpc) is 3.10. The molecule has 8 nitrogen and oxygen atoms in total. The predicted octanol–water partition coefficient (Wildman–Crippen LogP) is 3.85. The molecule has 0 unspecified atom stereocenters. The van der Waals surface area contributed by atoms with Crippen LogP contribution in [-0.2, 0) is 0 Å². The number of pyridine rings is 3. The summed E-state index contributed by atoms with van der Waals surface area (Å²) in [7, 11) is 3.54. The van der Waals surface area contributed by atoms with Gasteiger partial charge in [-0.1, -0.05) is 0 Å². The molecule has 0 bridgehead atoms. The number of hydrogen-bond donors (Lipinski definition) is 1. The lowest BCUT2D eigenvalue weighted by atomic mass is 10.1. The molecule has 0 saturated heterocycles. The predicted molar refractivity (Wildman–Crippen MR) is 118 cm³/mol. The first kappa shape index (κ1) is 19.6. The van der Waals surface area contributed by atoms with E-state index in [1.807, 2.05) is 41.8 Å². The van der Waals surface area contributed by atoms with Gasteiger partial charge in [-0.05, 0) is 51.1 Å². The van der Waals surface area contributed by atoms with Gasteiger partial charge < -0.3 is 14.6 Å². The molecule has 4 heterocycles. The molecule has 0 atom stereocenters. The quantitative estimate of drug-likeness (QED) is 0.544. The summed E-state index contributed by atoms with van der Waals surface area (Å²) in [5.74, 6) is 0.511. The molecule has 4 aromatic rings. The number of ether oxygens (including phenoxy) is 1. The van der Waals surface area contributed by atoms with Gasteiger partial charge in [-0.25, -0.2) is 9.97 Å². The third kappa shape index (κ3) is 3.20. The number of nitrogens with one attached hydrogen (secondary N) is 1. The number of fused-ring (bicyclic) bond motifs is 1. The maximum atomic E-state index is 12.4. The van der Waals surface area contributed by atoms with E-state index < -0.39 is 0 Å². The van der Waals surface area contributed by atoms with E-state index in [-0.39, 0.29) is 11.6 Å². The van der Waals surface area contributed by atoms with Crippen molar-refractivity contribution in [3.63, 3.8) is 0 Å². The number of aromatic nitrogens is 5. The van der Waals surface area contributed by atoms with Crippen LogP contribution in [-0.4, -0.2) is 38.9 Å². The summed E-state index contributed by atoms with van der Waals surface area (Å²) in [5, 5.41) is 4.72. The monoisotopic (exact) mass is 404 g/mol. The second-order valence-corrected chi connectivity index (χ2v) is 7.35. The van der Waals surface area contributed by atoms with Gasteiger partial charge in [-0.15, -0.1) is 0 Å². The molecular weight excluding hydrogens is 380 g/mol. The minimum atomic E-state index is -0.189. The van der Waals surface area contributed by atoms with E-state index in [9.17, 15) is 4.79 Å². The Morgan fingerprint density at radius 1 is 1.20 bits per heavy atom. The number of rotatable bonds is 5. The van der Waals surface area contributed by atoms with Crippen LogP contribution >= 0.6 is 0 Å². The molecule has 30 heavy (non-hydrogen) atoms. The summed E-state index contributed by atoms with van der Waals surface area (Å²) < 4.78 is 7.43. The number of aryl methyl sites for hydroxylation is 1. The molecule has 0 aliphatic rings. The van der Waals surface area contributed by atoms with E-state index in [1.54, 1.807) is 31.6 Å². The highest BCUT2D eigenvalue weighted by Gasteiger charge is 2.22. The zero-order valence-electron chi connectivity index (χ0n) is 17.7. The van der Waals surface area contributed by atoms with Gasteiger partial charge in [0, 0.05) is 25.5 Å². The van der Waals surface area contributed by atoms with Gasteiger partial charge in [0.15, 0.2) is 0 Å². The fourth-order valence-corrected chi connectivity index (χ4v) is 3.58. The first-order valence-electron chi connectivity index (χ1n) is 9.73. The van der Waals surface area contributed by atoms with E-state index >= 15 is 0 Å². The average molecular weight is 404 g/mol. The van der Waals surface area contributed by atoms with E-state index in [0.717, 1.165) is 28.1 Å². The number of hydrogen-bond acceptors (Lipinski definition) is 6. The molecule has 0 radical (unpaired) electrons. The molecule has 0 aliphatic carbocycles. The third-order valence-electron chi connectivity index (χ3n) is 5.05. The molecular formula is C22H24N6O2. The van der Waals surface area contributed by atoms with Gasteiger partial charge in [-0.3, -0.25) is 9.48 Å². The molecule has 0 fully saturated rings. The lowest BCUT2D eigenvalue weighted by Gasteiger charge is -2.23. The van der Waals surface area contributed by atoms with E-state index in [1.165, 1.54) is 0 Å². The molecule has 154 valence electrons. The first-order valence-corrected chi connectivity index (χ1v) is 9.73. The molecule has 4 aromatic heterocycles.